The summed E-state index contributed by atoms with van der Waals surface area (Å²) >= 11 is 0. The summed E-state index contributed by atoms with van der Waals surface area (Å²) in [6.07, 6.45) is 1.45. The third kappa shape index (κ3) is 5.41. The number of nitrogens with zero attached hydrogens (tertiary/aromatic N) is 3. The lowest BCUT2D eigenvalue weighted by molar-refractivity contribution is -0.149. The van der Waals surface area contributed by atoms with Gasteiger partial charge in [0.1, 0.15) is 0 Å². The van der Waals surface area contributed by atoms with E-state index in [0.717, 1.165) is 25.9 Å². The summed E-state index contributed by atoms with van der Waals surface area (Å²) in [5.74, 6) is 0.630. The molecule has 1 aliphatic rings. The standard InChI is InChI=1S/C19H23F2N3O5/c1-3-27-18(25)12-6-8-24(9-7-12)11-16-22-17(23-29-16)13-4-5-14(28-19(20)21)15(10-13)26-2/h4-5,10,12,19H,3,6-9,11H2,1-2H3. The van der Waals surface area contributed by atoms with Crippen molar-refractivity contribution in [3.8, 4) is 22.9 Å². The third-order valence-corrected chi connectivity index (χ3v) is 4.67. The van der Waals surface area contributed by atoms with E-state index in [4.69, 9.17) is 14.0 Å². The number of hydrogen-bond acceptors (Lipinski definition) is 8. The Morgan fingerprint density at radius 3 is 2.72 bits per heavy atom. The van der Waals surface area contributed by atoms with Gasteiger partial charge < -0.3 is 18.7 Å². The Kier molecular flexibility index (Phi) is 6.97. The molecule has 0 spiro atoms. The number of likely N-dealkylation sites (tertiary alicyclic amines) is 1. The molecule has 0 atom stereocenters. The van der Waals surface area contributed by atoms with E-state index < -0.39 is 6.61 Å². The number of alkyl halides is 2. The van der Waals surface area contributed by atoms with Crippen LogP contribution in [-0.2, 0) is 16.1 Å². The maximum atomic E-state index is 12.4. The largest absolute Gasteiger partial charge is 0.493 e. The van der Waals surface area contributed by atoms with E-state index in [-0.39, 0.29) is 23.4 Å². The van der Waals surface area contributed by atoms with Gasteiger partial charge >= 0.3 is 12.6 Å². The lowest BCUT2D eigenvalue weighted by Gasteiger charge is -2.29. The first-order valence-corrected chi connectivity index (χ1v) is 9.35. The van der Waals surface area contributed by atoms with Crippen LogP contribution in [0.4, 0.5) is 8.78 Å². The number of hydrogen-bond donors (Lipinski definition) is 0. The quantitative estimate of drug-likeness (QED) is 0.613. The Hall–Kier alpha value is -2.75. The maximum absolute atomic E-state index is 12.4. The lowest BCUT2D eigenvalue weighted by Crippen LogP contribution is -2.36. The van der Waals surface area contributed by atoms with Crippen molar-refractivity contribution in [2.75, 3.05) is 26.8 Å². The topological polar surface area (TPSA) is 86.9 Å². The number of esters is 1. The Morgan fingerprint density at radius 2 is 2.07 bits per heavy atom. The molecular formula is C19H23F2N3O5. The number of carbonyl (C=O) groups excluding carboxylic acids is 1. The second kappa shape index (κ2) is 9.64. The SMILES string of the molecule is CCOC(=O)C1CCN(Cc2nc(-c3ccc(OC(F)F)c(OC)c3)no2)CC1. The van der Waals surface area contributed by atoms with Crippen LogP contribution in [0.3, 0.4) is 0 Å². The highest BCUT2D eigenvalue weighted by atomic mass is 19.3. The molecule has 8 nitrogen and oxygen atoms in total. The van der Waals surface area contributed by atoms with Crippen LogP contribution >= 0.6 is 0 Å². The normalized spacial score (nSPS) is 15.5. The van der Waals surface area contributed by atoms with Gasteiger partial charge in [-0.15, -0.1) is 0 Å². The van der Waals surface area contributed by atoms with Gasteiger partial charge in [-0.25, -0.2) is 0 Å². The van der Waals surface area contributed by atoms with E-state index in [1.807, 2.05) is 0 Å². The number of halogens is 2. The predicted molar refractivity (Wildman–Crippen MR) is 97.6 cm³/mol. The molecule has 0 radical (unpaired) electrons. The molecule has 0 amide bonds. The molecule has 0 N–H and O–H groups in total. The van der Waals surface area contributed by atoms with Crippen molar-refractivity contribution in [1.82, 2.24) is 15.0 Å². The van der Waals surface area contributed by atoms with Crippen LogP contribution < -0.4 is 9.47 Å². The molecule has 0 saturated carbocycles. The Bertz CT molecular complexity index is 822. The van der Waals surface area contributed by atoms with Crippen molar-refractivity contribution in [2.45, 2.75) is 32.9 Å². The van der Waals surface area contributed by atoms with Crippen molar-refractivity contribution in [3.63, 3.8) is 0 Å². The summed E-state index contributed by atoms with van der Waals surface area (Å²) in [7, 11) is 1.36. The highest BCUT2D eigenvalue weighted by Crippen LogP contribution is 2.32. The molecular weight excluding hydrogens is 388 g/mol. The zero-order chi connectivity index (χ0) is 20.8. The minimum atomic E-state index is -2.94. The summed E-state index contributed by atoms with van der Waals surface area (Å²) in [6.45, 7) is 1.17. The molecule has 0 aliphatic carbocycles. The second-order valence-electron chi connectivity index (χ2n) is 6.56. The Balaban J connectivity index is 1.61. The van der Waals surface area contributed by atoms with Gasteiger partial charge in [0.2, 0.25) is 11.7 Å². The molecule has 2 aromatic rings. The lowest BCUT2D eigenvalue weighted by atomic mass is 9.97. The highest BCUT2D eigenvalue weighted by Gasteiger charge is 2.27. The molecule has 3 rings (SSSR count). The van der Waals surface area contributed by atoms with Crippen molar-refractivity contribution < 1.29 is 32.3 Å². The van der Waals surface area contributed by atoms with Crippen LogP contribution in [-0.4, -0.2) is 54.4 Å². The molecule has 1 aromatic heterocycles. The number of carbonyl (C=O) groups is 1. The van der Waals surface area contributed by atoms with E-state index in [1.165, 1.54) is 19.2 Å². The fraction of sp³-hybridized carbons (Fsp3) is 0.526. The summed E-state index contributed by atoms with van der Waals surface area (Å²) in [4.78, 5) is 18.3. The smallest absolute Gasteiger partial charge is 0.387 e. The van der Waals surface area contributed by atoms with Crippen LogP contribution in [0.5, 0.6) is 11.5 Å². The average Bonchev–Trinajstić information content (AvgIpc) is 3.17. The highest BCUT2D eigenvalue weighted by molar-refractivity contribution is 5.72. The summed E-state index contributed by atoms with van der Waals surface area (Å²) < 4.78 is 44.8. The molecule has 29 heavy (non-hydrogen) atoms. The van der Waals surface area contributed by atoms with E-state index in [0.29, 0.717) is 30.4 Å². The van der Waals surface area contributed by atoms with E-state index in [9.17, 15) is 13.6 Å². The van der Waals surface area contributed by atoms with Gasteiger partial charge in [-0.1, -0.05) is 5.16 Å². The van der Waals surface area contributed by atoms with Gasteiger partial charge in [-0.3, -0.25) is 9.69 Å². The molecule has 1 fully saturated rings. The van der Waals surface area contributed by atoms with Gasteiger partial charge in [-0.05, 0) is 51.1 Å². The van der Waals surface area contributed by atoms with Crippen molar-refractivity contribution in [2.24, 2.45) is 5.92 Å². The second-order valence-corrected chi connectivity index (χ2v) is 6.56. The monoisotopic (exact) mass is 411 g/mol. The molecule has 2 heterocycles. The van der Waals surface area contributed by atoms with Crippen LogP contribution in [0.2, 0.25) is 0 Å². The van der Waals surface area contributed by atoms with Crippen molar-refractivity contribution in [1.29, 1.82) is 0 Å². The number of aromatic nitrogens is 2. The zero-order valence-corrected chi connectivity index (χ0v) is 16.3. The third-order valence-electron chi connectivity index (χ3n) is 4.67. The van der Waals surface area contributed by atoms with E-state index in [1.54, 1.807) is 13.0 Å². The Labute approximate surface area is 166 Å². The van der Waals surface area contributed by atoms with Crippen molar-refractivity contribution in [3.05, 3.63) is 24.1 Å². The molecule has 1 saturated heterocycles. The molecule has 10 heteroatoms. The number of methoxy groups -OCH3 is 1. The first-order valence-electron chi connectivity index (χ1n) is 9.35. The summed E-state index contributed by atoms with van der Waals surface area (Å²) in [5, 5.41) is 3.95. The molecule has 0 unspecified atom stereocenters. The van der Waals surface area contributed by atoms with E-state index >= 15 is 0 Å². The van der Waals surface area contributed by atoms with Crippen LogP contribution in [0.25, 0.3) is 11.4 Å². The first kappa shape index (κ1) is 21.0. The molecule has 1 aromatic carbocycles. The number of rotatable bonds is 8. The van der Waals surface area contributed by atoms with Crippen molar-refractivity contribution >= 4 is 5.97 Å². The fourth-order valence-corrected chi connectivity index (χ4v) is 3.21. The summed E-state index contributed by atoms with van der Waals surface area (Å²) in [5.41, 5.74) is 0.555. The molecule has 1 aliphatic heterocycles. The van der Waals surface area contributed by atoms with Gasteiger partial charge in [0, 0.05) is 5.56 Å². The molecule has 0 bridgehead atoms. The number of benzene rings is 1. The van der Waals surface area contributed by atoms with E-state index in [2.05, 4.69) is 19.8 Å². The summed E-state index contributed by atoms with van der Waals surface area (Å²) in [6, 6.07) is 4.44. The number of piperidine rings is 1. The van der Waals surface area contributed by atoms with Gasteiger partial charge in [-0.2, -0.15) is 13.8 Å². The van der Waals surface area contributed by atoms with Gasteiger partial charge in [0.15, 0.2) is 11.5 Å². The minimum Gasteiger partial charge on any atom is -0.493 e. The fourth-order valence-electron chi connectivity index (χ4n) is 3.21. The van der Waals surface area contributed by atoms with Crippen LogP contribution in [0.15, 0.2) is 22.7 Å². The van der Waals surface area contributed by atoms with Gasteiger partial charge in [0.25, 0.3) is 0 Å². The molecule has 158 valence electrons. The minimum absolute atomic E-state index is 0.0640. The first-order chi connectivity index (χ1) is 14.0. The average molecular weight is 411 g/mol. The maximum Gasteiger partial charge on any atom is 0.387 e. The number of ether oxygens (including phenoxy) is 3. The van der Waals surface area contributed by atoms with Gasteiger partial charge in [0.05, 0.1) is 26.2 Å². The van der Waals surface area contributed by atoms with Crippen LogP contribution in [0.1, 0.15) is 25.7 Å². The Morgan fingerprint density at radius 1 is 1.31 bits per heavy atom. The zero-order valence-electron chi connectivity index (χ0n) is 16.3. The predicted octanol–water partition coefficient (Wildman–Crippen LogP) is 3.12. The van der Waals surface area contributed by atoms with Crippen LogP contribution in [0, 0.1) is 5.92 Å².